The maximum Gasteiger partial charge on any atom is 0.305 e. The lowest BCUT2D eigenvalue weighted by atomic mass is 10.0. The number of carbonyl (C=O) groups excluding carboxylic acids is 1. The molecule has 0 spiro atoms. The third-order valence-corrected chi connectivity index (χ3v) is 9.07. The van der Waals surface area contributed by atoms with Crippen LogP contribution in [0.1, 0.15) is 148 Å². The Hall–Kier alpha value is -1.75. The lowest BCUT2D eigenvalue weighted by molar-refractivity contribution is -0.145. The quantitative estimate of drug-likeness (QED) is 0.0478. The Morgan fingerprint density at radius 2 is 0.736 bits per heavy atom. The van der Waals surface area contributed by atoms with Crippen molar-refractivity contribution in [3.63, 3.8) is 0 Å². The average molecular weight is 753 g/mol. The molecule has 1 aromatic carbocycles. The molecular weight excluding hydrogens is 672 g/mol. The van der Waals surface area contributed by atoms with Crippen molar-refractivity contribution in [1.29, 1.82) is 0 Å². The summed E-state index contributed by atoms with van der Waals surface area (Å²) in [5, 5.41) is 0. The summed E-state index contributed by atoms with van der Waals surface area (Å²) >= 11 is 0. The van der Waals surface area contributed by atoms with Crippen molar-refractivity contribution in [2.45, 2.75) is 149 Å². The van der Waals surface area contributed by atoms with E-state index in [1.807, 2.05) is 0 Å². The third-order valence-electron chi connectivity index (χ3n) is 9.07. The summed E-state index contributed by atoms with van der Waals surface area (Å²) in [5.74, 6) is 0.761. The Kier molecular flexibility index (Phi) is 38.5. The molecule has 0 radical (unpaired) electrons. The molecule has 310 valence electrons. The zero-order valence-corrected chi connectivity index (χ0v) is 34.2. The number of aryl methyl sites for hydroxylation is 1. The smallest absolute Gasteiger partial charge is 0.305 e. The fourth-order valence-corrected chi connectivity index (χ4v) is 5.86. The second kappa shape index (κ2) is 41.4. The van der Waals surface area contributed by atoms with Crippen LogP contribution in [0, 0.1) is 0 Å². The van der Waals surface area contributed by atoms with E-state index in [4.69, 9.17) is 37.9 Å². The van der Waals surface area contributed by atoms with Gasteiger partial charge in [0, 0.05) is 6.42 Å². The van der Waals surface area contributed by atoms with Gasteiger partial charge in [-0.2, -0.15) is 0 Å². The lowest BCUT2D eigenvalue weighted by Gasteiger charge is -2.09. The van der Waals surface area contributed by atoms with E-state index in [0.29, 0.717) is 98.9 Å². The highest BCUT2D eigenvalue weighted by atomic mass is 16.6. The summed E-state index contributed by atoms with van der Waals surface area (Å²) in [6.45, 7) is 11.3. The standard InChI is InChI=1S/C44H80O9/c1-3-5-7-9-11-12-13-14-15-16-17-19-21-23-44(45)53-41-39-51-37-35-49-33-31-47-29-28-46-30-32-48-34-36-50-38-40-52-43-26-24-42(25-27-43)22-20-18-10-8-6-4-2/h24-27H,3-23,28-41H2,1-2H3. The number of ether oxygens (including phenoxy) is 8. The van der Waals surface area contributed by atoms with Crippen molar-refractivity contribution in [3.8, 4) is 5.75 Å². The van der Waals surface area contributed by atoms with Crippen molar-refractivity contribution in [2.75, 3.05) is 92.5 Å². The summed E-state index contributed by atoms with van der Waals surface area (Å²) in [6, 6.07) is 8.44. The maximum absolute atomic E-state index is 11.9. The van der Waals surface area contributed by atoms with E-state index < -0.39 is 0 Å². The molecule has 0 saturated carbocycles. The first-order chi connectivity index (χ1) is 26.3. The van der Waals surface area contributed by atoms with Crippen LogP contribution in [-0.2, 0) is 44.4 Å². The van der Waals surface area contributed by atoms with Gasteiger partial charge in [-0.05, 0) is 37.0 Å². The molecule has 0 fully saturated rings. The van der Waals surface area contributed by atoms with Crippen molar-refractivity contribution in [1.82, 2.24) is 0 Å². The molecule has 1 rings (SSSR count). The summed E-state index contributed by atoms with van der Waals surface area (Å²) in [4.78, 5) is 11.9. The molecule has 0 amide bonds. The molecule has 53 heavy (non-hydrogen) atoms. The molecule has 0 aliphatic rings. The molecule has 0 heterocycles. The highest BCUT2D eigenvalue weighted by Gasteiger charge is 2.03. The van der Waals surface area contributed by atoms with Crippen LogP contribution in [0.5, 0.6) is 5.75 Å². The highest BCUT2D eigenvalue weighted by molar-refractivity contribution is 5.69. The number of carbonyl (C=O) groups is 1. The Bertz CT molecular complexity index is 867. The lowest BCUT2D eigenvalue weighted by Crippen LogP contribution is -2.15. The normalized spacial score (nSPS) is 11.4. The number of unbranched alkanes of at least 4 members (excludes halogenated alkanes) is 17. The topological polar surface area (TPSA) is 90.9 Å². The van der Waals surface area contributed by atoms with Crippen LogP contribution in [0.15, 0.2) is 24.3 Å². The number of esters is 1. The van der Waals surface area contributed by atoms with Crippen molar-refractivity contribution in [3.05, 3.63) is 29.8 Å². The van der Waals surface area contributed by atoms with Gasteiger partial charge in [0.25, 0.3) is 0 Å². The fraction of sp³-hybridized carbons (Fsp3) is 0.841. The first-order valence-electron chi connectivity index (χ1n) is 21.6. The third kappa shape index (κ3) is 37.0. The Labute approximate surface area is 324 Å². The predicted molar refractivity (Wildman–Crippen MR) is 215 cm³/mol. The largest absolute Gasteiger partial charge is 0.491 e. The van der Waals surface area contributed by atoms with E-state index in [2.05, 4.69) is 38.1 Å². The van der Waals surface area contributed by atoms with Crippen LogP contribution in [0.2, 0.25) is 0 Å². The van der Waals surface area contributed by atoms with Gasteiger partial charge in [-0.25, -0.2) is 0 Å². The molecule has 0 unspecified atom stereocenters. The fourth-order valence-electron chi connectivity index (χ4n) is 5.86. The zero-order valence-electron chi connectivity index (χ0n) is 34.2. The number of rotatable bonds is 43. The van der Waals surface area contributed by atoms with Gasteiger partial charge in [0.2, 0.25) is 0 Å². The summed E-state index contributed by atoms with van der Waals surface area (Å²) < 4.78 is 44.2. The van der Waals surface area contributed by atoms with Gasteiger partial charge < -0.3 is 37.9 Å². The number of hydrogen-bond donors (Lipinski definition) is 0. The Balaban J connectivity index is 1.71. The van der Waals surface area contributed by atoms with E-state index in [9.17, 15) is 4.79 Å². The molecule has 0 bridgehead atoms. The van der Waals surface area contributed by atoms with Crippen molar-refractivity contribution < 1.29 is 42.7 Å². The van der Waals surface area contributed by atoms with Gasteiger partial charge in [-0.15, -0.1) is 0 Å². The van der Waals surface area contributed by atoms with Gasteiger partial charge >= 0.3 is 5.97 Å². The van der Waals surface area contributed by atoms with Crippen LogP contribution >= 0.6 is 0 Å². The predicted octanol–water partition coefficient (Wildman–Crippen LogP) is 10.1. The SMILES string of the molecule is CCCCCCCCCCCCCCCC(=O)OCCOCCOCCOCCOCCOCCOCCOc1ccc(CCCCCCCC)cc1. The van der Waals surface area contributed by atoms with Crippen LogP contribution < -0.4 is 4.74 Å². The van der Waals surface area contributed by atoms with Crippen molar-refractivity contribution >= 4 is 5.97 Å². The first-order valence-corrected chi connectivity index (χ1v) is 21.6. The molecular formula is C44H80O9. The molecule has 0 atom stereocenters. The van der Waals surface area contributed by atoms with E-state index in [1.165, 1.54) is 115 Å². The molecule has 0 saturated heterocycles. The molecule has 0 aliphatic carbocycles. The average Bonchev–Trinajstić information content (AvgIpc) is 3.17. The van der Waals surface area contributed by atoms with Crippen molar-refractivity contribution in [2.24, 2.45) is 0 Å². The van der Waals surface area contributed by atoms with Gasteiger partial charge in [-0.1, -0.05) is 135 Å². The van der Waals surface area contributed by atoms with Crippen LogP contribution in [0.25, 0.3) is 0 Å². The summed E-state index contributed by atoms with van der Waals surface area (Å²) in [7, 11) is 0. The number of hydrogen-bond acceptors (Lipinski definition) is 9. The number of benzene rings is 1. The van der Waals surface area contributed by atoms with Gasteiger partial charge in [0.15, 0.2) is 0 Å². The van der Waals surface area contributed by atoms with Crippen LogP contribution in [0.4, 0.5) is 0 Å². The molecule has 0 N–H and O–H groups in total. The second-order valence-corrected chi connectivity index (χ2v) is 13.9. The Morgan fingerprint density at radius 1 is 0.396 bits per heavy atom. The van der Waals surface area contributed by atoms with E-state index in [1.54, 1.807) is 0 Å². The van der Waals surface area contributed by atoms with E-state index in [-0.39, 0.29) is 5.97 Å². The first kappa shape index (κ1) is 49.3. The monoisotopic (exact) mass is 753 g/mol. The highest BCUT2D eigenvalue weighted by Crippen LogP contribution is 2.16. The molecule has 1 aromatic rings. The minimum atomic E-state index is -0.126. The minimum Gasteiger partial charge on any atom is -0.491 e. The van der Waals surface area contributed by atoms with Gasteiger partial charge in [0.1, 0.15) is 19.0 Å². The van der Waals surface area contributed by atoms with Crippen LogP contribution in [0.3, 0.4) is 0 Å². The summed E-state index contributed by atoms with van der Waals surface area (Å²) in [5.41, 5.74) is 1.38. The minimum absolute atomic E-state index is 0.126. The Morgan fingerprint density at radius 3 is 1.15 bits per heavy atom. The molecule has 0 aliphatic heterocycles. The van der Waals surface area contributed by atoms with Crippen LogP contribution in [-0.4, -0.2) is 98.5 Å². The van der Waals surface area contributed by atoms with Gasteiger partial charge in [-0.3, -0.25) is 4.79 Å². The second-order valence-electron chi connectivity index (χ2n) is 13.9. The zero-order chi connectivity index (χ0) is 38.0. The molecule has 9 nitrogen and oxygen atoms in total. The maximum atomic E-state index is 11.9. The van der Waals surface area contributed by atoms with E-state index in [0.717, 1.165) is 25.0 Å². The van der Waals surface area contributed by atoms with E-state index >= 15 is 0 Å². The molecule has 0 aromatic heterocycles. The molecule has 9 heteroatoms. The summed E-state index contributed by atoms with van der Waals surface area (Å²) in [6.07, 6.45) is 26.5. The van der Waals surface area contributed by atoms with Gasteiger partial charge in [0.05, 0.1) is 79.3 Å².